The number of carbonyl (C=O) groups excluding carboxylic acids is 1. The summed E-state index contributed by atoms with van der Waals surface area (Å²) in [5.74, 6) is 0.831. The molecule has 3 heteroatoms. The molecule has 1 atom stereocenters. The standard InChI is InChI=1S/C10H9O2.Y/c11-7-9-6-5-8-3-1-2-4-10(8)12-9;/h2-4,7,9H,5-6H2;/q-1;+3. The van der Waals surface area contributed by atoms with Crippen molar-refractivity contribution in [1.29, 1.82) is 0 Å². The molecule has 2 nitrogen and oxygen atoms in total. The molecule has 0 saturated heterocycles. The van der Waals surface area contributed by atoms with Crippen LogP contribution in [0.2, 0.25) is 0 Å². The fraction of sp³-hybridized carbons (Fsp3) is 0.300. The first kappa shape index (κ1) is 10.9. The van der Waals surface area contributed by atoms with E-state index < -0.39 is 0 Å². The third kappa shape index (κ3) is 2.38. The van der Waals surface area contributed by atoms with E-state index >= 15 is 0 Å². The van der Waals surface area contributed by atoms with Crippen molar-refractivity contribution in [3.05, 3.63) is 29.8 Å². The van der Waals surface area contributed by atoms with Crippen molar-refractivity contribution in [1.82, 2.24) is 0 Å². The van der Waals surface area contributed by atoms with Gasteiger partial charge >= 0.3 is 32.7 Å². The summed E-state index contributed by atoms with van der Waals surface area (Å²) in [6.07, 6.45) is 2.31. The summed E-state index contributed by atoms with van der Waals surface area (Å²) in [7, 11) is 0. The Balaban J connectivity index is 0.000000845. The zero-order chi connectivity index (χ0) is 8.39. The number of carbonyl (C=O) groups is 1. The van der Waals surface area contributed by atoms with Crippen molar-refractivity contribution in [3.63, 3.8) is 0 Å². The maximum Gasteiger partial charge on any atom is 3.00 e. The van der Waals surface area contributed by atoms with E-state index in [0.29, 0.717) is 0 Å². The van der Waals surface area contributed by atoms with Gasteiger partial charge < -0.3 is 4.74 Å². The maximum atomic E-state index is 10.4. The summed E-state index contributed by atoms with van der Waals surface area (Å²) in [4.78, 5) is 10.4. The second-order valence-corrected chi connectivity index (χ2v) is 2.86. The van der Waals surface area contributed by atoms with E-state index in [0.717, 1.165) is 30.4 Å². The van der Waals surface area contributed by atoms with Crippen LogP contribution in [0.1, 0.15) is 12.0 Å². The summed E-state index contributed by atoms with van der Waals surface area (Å²) >= 11 is 0. The molecule has 0 aromatic heterocycles. The zero-order valence-corrected chi connectivity index (χ0v) is 10.0. The number of benzene rings is 1. The summed E-state index contributed by atoms with van der Waals surface area (Å²) < 4.78 is 5.39. The first-order valence-corrected chi connectivity index (χ1v) is 4.01. The molecule has 0 bridgehead atoms. The first-order chi connectivity index (χ1) is 5.90. The van der Waals surface area contributed by atoms with Crippen molar-refractivity contribution < 1.29 is 42.2 Å². The van der Waals surface area contributed by atoms with Crippen LogP contribution < -0.4 is 4.74 Å². The van der Waals surface area contributed by atoms with Crippen molar-refractivity contribution in [2.45, 2.75) is 18.9 Å². The summed E-state index contributed by atoms with van der Waals surface area (Å²) in [5, 5.41) is 0. The minimum absolute atomic E-state index is 0. The fourth-order valence-corrected chi connectivity index (χ4v) is 1.38. The number of aldehydes is 1. The van der Waals surface area contributed by atoms with Crippen LogP contribution in [0.4, 0.5) is 0 Å². The topological polar surface area (TPSA) is 26.3 Å². The molecular formula is C10H9O2Y+2. The predicted octanol–water partition coefficient (Wildman–Crippen LogP) is 1.38. The van der Waals surface area contributed by atoms with Gasteiger partial charge in [0.25, 0.3) is 0 Å². The van der Waals surface area contributed by atoms with Crippen LogP contribution >= 0.6 is 0 Å². The fourth-order valence-electron chi connectivity index (χ4n) is 1.38. The smallest absolute Gasteiger partial charge is 0.508 e. The molecule has 0 fully saturated rings. The minimum Gasteiger partial charge on any atom is -0.508 e. The summed E-state index contributed by atoms with van der Waals surface area (Å²) in [6, 6.07) is 8.55. The molecule has 0 radical (unpaired) electrons. The molecule has 2 rings (SSSR count). The van der Waals surface area contributed by atoms with E-state index in [4.69, 9.17) is 4.74 Å². The molecule has 62 valence electrons. The second kappa shape index (κ2) is 4.87. The molecule has 0 spiro atoms. The quantitative estimate of drug-likeness (QED) is 0.556. The molecule has 13 heavy (non-hydrogen) atoms. The largest absolute Gasteiger partial charge is 3.00 e. The molecule has 0 aliphatic carbocycles. The number of aryl methyl sites for hydroxylation is 1. The normalized spacial score (nSPS) is 19.2. The third-order valence-corrected chi connectivity index (χ3v) is 2.03. The Morgan fingerprint density at radius 1 is 1.62 bits per heavy atom. The van der Waals surface area contributed by atoms with Gasteiger partial charge in [-0.3, -0.25) is 4.79 Å². The van der Waals surface area contributed by atoms with E-state index in [-0.39, 0.29) is 38.8 Å². The Kier molecular flexibility index (Phi) is 4.07. The van der Waals surface area contributed by atoms with Gasteiger partial charge in [-0.1, -0.05) is 6.42 Å². The molecular weight excluding hydrogens is 241 g/mol. The van der Waals surface area contributed by atoms with Crippen molar-refractivity contribution in [3.8, 4) is 5.75 Å². The van der Waals surface area contributed by atoms with Crippen molar-refractivity contribution >= 4 is 6.29 Å². The molecule has 0 saturated carbocycles. The van der Waals surface area contributed by atoms with Crippen LogP contribution in [0, 0.1) is 6.07 Å². The Morgan fingerprint density at radius 3 is 3.23 bits per heavy atom. The summed E-state index contributed by atoms with van der Waals surface area (Å²) in [5.41, 5.74) is 1.15. The monoisotopic (exact) mass is 250 g/mol. The number of fused-ring (bicyclic) bond motifs is 1. The minimum atomic E-state index is -0.250. The van der Waals surface area contributed by atoms with Gasteiger partial charge in [-0.05, 0) is 6.42 Å². The van der Waals surface area contributed by atoms with Gasteiger partial charge in [0.05, 0.1) is 0 Å². The SMILES string of the molecule is O=CC1CCc2c[c-]ccc2O1.[Y+3]. The van der Waals surface area contributed by atoms with E-state index in [1.165, 1.54) is 0 Å². The molecule has 1 aliphatic heterocycles. The van der Waals surface area contributed by atoms with Crippen LogP contribution in [0.3, 0.4) is 0 Å². The van der Waals surface area contributed by atoms with E-state index in [2.05, 4.69) is 6.07 Å². The number of hydrogen-bond donors (Lipinski definition) is 0. The first-order valence-electron chi connectivity index (χ1n) is 4.01. The molecule has 1 aromatic carbocycles. The van der Waals surface area contributed by atoms with Crippen LogP contribution in [0.5, 0.6) is 5.75 Å². The van der Waals surface area contributed by atoms with Gasteiger partial charge in [0.15, 0.2) is 6.29 Å². The average molecular weight is 250 g/mol. The predicted molar refractivity (Wildman–Crippen MR) is 44.1 cm³/mol. The van der Waals surface area contributed by atoms with E-state index in [1.54, 1.807) is 6.07 Å². The third-order valence-electron chi connectivity index (χ3n) is 2.03. The van der Waals surface area contributed by atoms with Crippen molar-refractivity contribution in [2.75, 3.05) is 0 Å². The molecule has 0 amide bonds. The van der Waals surface area contributed by atoms with Crippen molar-refractivity contribution in [2.24, 2.45) is 0 Å². The summed E-state index contributed by atoms with van der Waals surface area (Å²) in [6.45, 7) is 0. The Hall–Kier alpha value is -0.206. The van der Waals surface area contributed by atoms with Gasteiger partial charge in [0, 0.05) is 5.75 Å². The maximum absolute atomic E-state index is 10.4. The van der Waals surface area contributed by atoms with Crippen LogP contribution in [0.15, 0.2) is 18.2 Å². The molecule has 1 heterocycles. The number of hydrogen-bond acceptors (Lipinski definition) is 2. The van der Waals surface area contributed by atoms with E-state index in [9.17, 15) is 4.79 Å². The molecule has 1 unspecified atom stereocenters. The molecule has 0 N–H and O–H groups in total. The van der Waals surface area contributed by atoms with Gasteiger partial charge in [0.1, 0.15) is 6.10 Å². The number of rotatable bonds is 1. The average Bonchev–Trinajstić information content (AvgIpc) is 2.17. The van der Waals surface area contributed by atoms with Gasteiger partial charge in [-0.15, -0.1) is 11.6 Å². The zero-order valence-electron chi connectivity index (χ0n) is 7.19. The van der Waals surface area contributed by atoms with Crippen LogP contribution in [-0.2, 0) is 43.9 Å². The Morgan fingerprint density at radius 2 is 2.46 bits per heavy atom. The van der Waals surface area contributed by atoms with Crippen LogP contribution in [0.25, 0.3) is 0 Å². The van der Waals surface area contributed by atoms with Gasteiger partial charge in [0.2, 0.25) is 0 Å². The molecule has 1 aromatic rings. The molecule has 1 aliphatic rings. The van der Waals surface area contributed by atoms with Gasteiger partial charge in [-0.25, -0.2) is 0 Å². The van der Waals surface area contributed by atoms with E-state index in [1.807, 2.05) is 12.1 Å². The second-order valence-electron chi connectivity index (χ2n) is 2.86. The Labute approximate surface area is 103 Å². The van der Waals surface area contributed by atoms with Crippen LogP contribution in [-0.4, -0.2) is 12.4 Å². The Bertz CT molecular complexity index is 299. The van der Waals surface area contributed by atoms with Gasteiger partial charge in [-0.2, -0.15) is 18.2 Å². The number of ether oxygens (including phenoxy) is 1.